The molecule has 0 bridgehead atoms. The van der Waals surface area contributed by atoms with E-state index in [9.17, 15) is 24.3 Å². The predicted molar refractivity (Wildman–Crippen MR) is 115 cm³/mol. The van der Waals surface area contributed by atoms with E-state index in [4.69, 9.17) is 18.9 Å². The fourth-order valence-electron chi connectivity index (χ4n) is 3.04. The highest BCUT2D eigenvalue weighted by atomic mass is 16.6. The molecule has 11 nitrogen and oxygen atoms in total. The van der Waals surface area contributed by atoms with Crippen LogP contribution >= 0.6 is 0 Å². The zero-order chi connectivity index (χ0) is 24.8. The lowest BCUT2D eigenvalue weighted by atomic mass is 10.0. The van der Waals surface area contributed by atoms with Crippen LogP contribution in [0.25, 0.3) is 0 Å². The van der Waals surface area contributed by atoms with Gasteiger partial charge in [0.1, 0.15) is 24.1 Å². The molecule has 1 amide bonds. The normalized spacial score (nSPS) is 14.9. The Morgan fingerprint density at radius 2 is 1.70 bits per heavy atom. The summed E-state index contributed by atoms with van der Waals surface area (Å²) in [7, 11) is 2.40. The molecular weight excluding hydrogens is 436 g/mol. The van der Waals surface area contributed by atoms with E-state index in [0.29, 0.717) is 11.3 Å². The predicted octanol–water partition coefficient (Wildman–Crippen LogP) is 1.60. The van der Waals surface area contributed by atoms with Crippen molar-refractivity contribution >= 4 is 29.7 Å². The standard InChI is InChI=1S/C22H28N2O9/c1-22(2,3)33-21(29)23-16(18(25)26)10-13-6-8-14(9-7-13)24-12-32-11-15(19(27)30-4)17(24)20(28)31-5/h6-9,16H,10-12H2,1-5H3,(H,23,29)(H,25,26). The topological polar surface area (TPSA) is 141 Å². The molecular formula is C22H28N2O9. The fourth-order valence-corrected chi connectivity index (χ4v) is 3.04. The monoisotopic (exact) mass is 464 g/mol. The van der Waals surface area contributed by atoms with Gasteiger partial charge >= 0.3 is 24.0 Å². The summed E-state index contributed by atoms with van der Waals surface area (Å²) in [4.78, 5) is 49.5. The Balaban J connectivity index is 2.24. The van der Waals surface area contributed by atoms with Gasteiger partial charge in [0.25, 0.3) is 0 Å². The molecule has 1 atom stereocenters. The van der Waals surface area contributed by atoms with Crippen LogP contribution in [0.5, 0.6) is 0 Å². The molecule has 0 aliphatic carbocycles. The number of aliphatic carboxylic acids is 1. The summed E-state index contributed by atoms with van der Waals surface area (Å²) >= 11 is 0. The van der Waals surface area contributed by atoms with Crippen LogP contribution in [0.2, 0.25) is 0 Å². The van der Waals surface area contributed by atoms with Crippen LogP contribution in [0, 0.1) is 0 Å². The van der Waals surface area contributed by atoms with Crippen molar-refractivity contribution in [1.29, 1.82) is 0 Å². The highest BCUT2D eigenvalue weighted by Gasteiger charge is 2.32. The first-order valence-corrected chi connectivity index (χ1v) is 10.0. The van der Waals surface area contributed by atoms with E-state index in [-0.39, 0.29) is 31.0 Å². The number of anilines is 1. The van der Waals surface area contributed by atoms with Gasteiger partial charge in [0.2, 0.25) is 0 Å². The second-order valence-electron chi connectivity index (χ2n) is 8.12. The lowest BCUT2D eigenvalue weighted by Gasteiger charge is -2.31. The number of carboxylic acid groups (broad SMARTS) is 1. The molecule has 2 N–H and O–H groups in total. The highest BCUT2D eigenvalue weighted by Crippen LogP contribution is 2.27. The summed E-state index contributed by atoms with van der Waals surface area (Å²) in [5, 5.41) is 11.8. The van der Waals surface area contributed by atoms with Gasteiger partial charge in [-0.2, -0.15) is 0 Å². The number of rotatable bonds is 7. The third kappa shape index (κ3) is 6.94. The van der Waals surface area contributed by atoms with E-state index in [1.165, 1.54) is 19.1 Å². The first-order valence-electron chi connectivity index (χ1n) is 10.0. The second kappa shape index (κ2) is 10.8. The lowest BCUT2D eigenvalue weighted by Crippen LogP contribution is -2.44. The van der Waals surface area contributed by atoms with Crippen LogP contribution < -0.4 is 10.2 Å². The molecule has 1 aromatic rings. The van der Waals surface area contributed by atoms with Gasteiger partial charge in [-0.3, -0.25) is 0 Å². The molecule has 33 heavy (non-hydrogen) atoms. The molecule has 1 aromatic carbocycles. The molecule has 0 spiro atoms. The van der Waals surface area contributed by atoms with E-state index in [0.717, 1.165) is 0 Å². The highest BCUT2D eigenvalue weighted by molar-refractivity contribution is 6.03. The molecule has 0 aromatic heterocycles. The minimum Gasteiger partial charge on any atom is -0.480 e. The molecule has 1 heterocycles. The van der Waals surface area contributed by atoms with Gasteiger partial charge in [-0.05, 0) is 38.5 Å². The van der Waals surface area contributed by atoms with Crippen molar-refractivity contribution in [2.75, 3.05) is 32.5 Å². The molecule has 0 saturated heterocycles. The quantitative estimate of drug-likeness (QED) is 0.451. The van der Waals surface area contributed by atoms with Gasteiger partial charge in [0.05, 0.1) is 26.4 Å². The van der Waals surface area contributed by atoms with Crippen LogP contribution in [0.3, 0.4) is 0 Å². The van der Waals surface area contributed by atoms with Crippen molar-refractivity contribution in [1.82, 2.24) is 5.32 Å². The van der Waals surface area contributed by atoms with Gasteiger partial charge < -0.3 is 34.3 Å². The number of hydrogen-bond donors (Lipinski definition) is 2. The summed E-state index contributed by atoms with van der Waals surface area (Å²) in [6, 6.07) is 5.34. The first kappa shape index (κ1) is 25.7. The second-order valence-corrected chi connectivity index (χ2v) is 8.12. The fraction of sp³-hybridized carbons (Fsp3) is 0.455. The van der Waals surface area contributed by atoms with E-state index in [1.807, 2.05) is 0 Å². The van der Waals surface area contributed by atoms with Crippen LogP contribution in [0.4, 0.5) is 10.5 Å². The first-order chi connectivity index (χ1) is 15.5. The Hall–Kier alpha value is -3.60. The minimum atomic E-state index is -1.21. The Morgan fingerprint density at radius 3 is 2.21 bits per heavy atom. The van der Waals surface area contributed by atoms with Gasteiger partial charge in [-0.25, -0.2) is 19.2 Å². The van der Waals surface area contributed by atoms with E-state index in [1.54, 1.807) is 45.0 Å². The van der Waals surface area contributed by atoms with Crippen LogP contribution in [0.15, 0.2) is 35.5 Å². The zero-order valence-electron chi connectivity index (χ0n) is 19.2. The number of ether oxygens (including phenoxy) is 4. The Morgan fingerprint density at radius 1 is 1.09 bits per heavy atom. The van der Waals surface area contributed by atoms with Crippen molar-refractivity contribution in [3.63, 3.8) is 0 Å². The number of nitrogens with zero attached hydrogens (tertiary/aromatic N) is 1. The molecule has 0 radical (unpaired) electrons. The summed E-state index contributed by atoms with van der Waals surface area (Å²) in [5.41, 5.74) is 0.369. The smallest absolute Gasteiger partial charge is 0.408 e. The summed E-state index contributed by atoms with van der Waals surface area (Å²) in [5.74, 6) is -2.66. The maximum atomic E-state index is 12.4. The largest absolute Gasteiger partial charge is 0.480 e. The van der Waals surface area contributed by atoms with Crippen molar-refractivity contribution in [2.24, 2.45) is 0 Å². The molecule has 1 aliphatic heterocycles. The molecule has 1 aliphatic rings. The Kier molecular flexibility index (Phi) is 8.41. The lowest BCUT2D eigenvalue weighted by molar-refractivity contribution is -0.140. The molecule has 180 valence electrons. The number of amides is 1. The number of hydrogen-bond acceptors (Lipinski definition) is 9. The van der Waals surface area contributed by atoms with Crippen molar-refractivity contribution in [3.05, 3.63) is 41.1 Å². The number of alkyl carbamates (subject to hydrolysis) is 1. The maximum absolute atomic E-state index is 12.4. The van der Waals surface area contributed by atoms with Crippen molar-refractivity contribution < 1.29 is 43.2 Å². The average Bonchev–Trinajstić information content (AvgIpc) is 2.76. The molecule has 11 heteroatoms. The summed E-state index contributed by atoms with van der Waals surface area (Å²) in [6.07, 6.45) is -0.835. The van der Waals surface area contributed by atoms with Crippen LogP contribution in [-0.4, -0.2) is 68.3 Å². The number of esters is 2. The maximum Gasteiger partial charge on any atom is 0.408 e. The van der Waals surface area contributed by atoms with Gasteiger partial charge in [-0.1, -0.05) is 12.1 Å². The molecule has 0 saturated carbocycles. The van der Waals surface area contributed by atoms with E-state index >= 15 is 0 Å². The average molecular weight is 464 g/mol. The van der Waals surface area contributed by atoms with E-state index < -0.39 is 35.6 Å². The van der Waals surface area contributed by atoms with Gasteiger partial charge in [-0.15, -0.1) is 0 Å². The molecule has 2 rings (SSSR count). The Labute approximate surface area is 191 Å². The van der Waals surface area contributed by atoms with Crippen LogP contribution in [0.1, 0.15) is 26.3 Å². The number of carboxylic acids is 1. The Bertz CT molecular complexity index is 932. The number of nitrogens with one attached hydrogen (secondary N) is 1. The SMILES string of the molecule is COC(=O)C1=C(C(=O)OC)N(c2ccc(CC(NC(=O)OC(C)(C)C)C(=O)O)cc2)COC1. The number of carbonyl (C=O) groups excluding carboxylic acids is 3. The number of carbonyl (C=O) groups is 4. The summed E-state index contributed by atoms with van der Waals surface area (Å²) < 4.78 is 20.1. The number of methoxy groups -OCH3 is 2. The van der Waals surface area contributed by atoms with E-state index in [2.05, 4.69) is 5.32 Å². The van der Waals surface area contributed by atoms with Gasteiger partial charge in [0.15, 0.2) is 0 Å². The van der Waals surface area contributed by atoms with Crippen LogP contribution in [-0.2, 0) is 39.8 Å². The third-order valence-electron chi connectivity index (χ3n) is 4.51. The van der Waals surface area contributed by atoms with Gasteiger partial charge in [0, 0.05) is 12.1 Å². The zero-order valence-corrected chi connectivity index (χ0v) is 19.2. The summed E-state index contributed by atoms with van der Waals surface area (Å²) in [6.45, 7) is 4.90. The number of benzene rings is 1. The minimum absolute atomic E-state index is 0.00152. The van der Waals surface area contributed by atoms with Crippen molar-refractivity contribution in [2.45, 2.75) is 38.8 Å². The third-order valence-corrected chi connectivity index (χ3v) is 4.51. The van der Waals surface area contributed by atoms with Crippen molar-refractivity contribution in [3.8, 4) is 0 Å². The molecule has 1 unspecified atom stereocenters. The molecule has 0 fully saturated rings.